The molecule has 0 saturated heterocycles. The minimum absolute atomic E-state index is 0.120. The highest BCUT2D eigenvalue weighted by molar-refractivity contribution is 5.77. The topological polar surface area (TPSA) is 75.5 Å². The zero-order chi connectivity index (χ0) is 14.4. The SMILES string of the molecule is CCN(CC(=O)NC)Cc1cccc([N+](=O)[O-])c1F. The van der Waals surface area contributed by atoms with Crippen LogP contribution in [-0.2, 0) is 11.3 Å². The maximum absolute atomic E-state index is 13.9. The first kappa shape index (κ1) is 15.0. The highest BCUT2D eigenvalue weighted by atomic mass is 19.1. The van der Waals surface area contributed by atoms with Crippen LogP contribution in [-0.4, -0.2) is 35.9 Å². The number of nitrogens with one attached hydrogen (secondary N) is 1. The van der Waals surface area contributed by atoms with Gasteiger partial charge >= 0.3 is 5.69 Å². The lowest BCUT2D eigenvalue weighted by molar-refractivity contribution is -0.387. The second kappa shape index (κ2) is 6.79. The number of halogens is 1. The fourth-order valence-corrected chi connectivity index (χ4v) is 1.63. The molecule has 0 spiro atoms. The van der Waals surface area contributed by atoms with Crippen LogP contribution >= 0.6 is 0 Å². The molecule has 1 aromatic carbocycles. The molecular weight excluding hydrogens is 253 g/mol. The lowest BCUT2D eigenvalue weighted by atomic mass is 10.1. The summed E-state index contributed by atoms with van der Waals surface area (Å²) in [5, 5.41) is 13.1. The van der Waals surface area contributed by atoms with Crippen LogP contribution in [0.3, 0.4) is 0 Å². The zero-order valence-electron chi connectivity index (χ0n) is 10.9. The van der Waals surface area contributed by atoms with Crippen molar-refractivity contribution in [2.24, 2.45) is 0 Å². The maximum Gasteiger partial charge on any atom is 0.305 e. The third kappa shape index (κ3) is 3.99. The molecule has 0 aliphatic rings. The molecule has 0 radical (unpaired) electrons. The van der Waals surface area contributed by atoms with Gasteiger partial charge in [-0.3, -0.25) is 19.8 Å². The van der Waals surface area contributed by atoms with Crippen LogP contribution in [0.5, 0.6) is 0 Å². The normalized spacial score (nSPS) is 10.5. The van der Waals surface area contributed by atoms with Crippen LogP contribution < -0.4 is 5.32 Å². The van der Waals surface area contributed by atoms with Crippen molar-refractivity contribution in [3.63, 3.8) is 0 Å². The van der Waals surface area contributed by atoms with Gasteiger partial charge in [-0.1, -0.05) is 19.1 Å². The van der Waals surface area contributed by atoms with Crippen molar-refractivity contribution < 1.29 is 14.1 Å². The van der Waals surface area contributed by atoms with Crippen LogP contribution in [0.4, 0.5) is 10.1 Å². The fourth-order valence-electron chi connectivity index (χ4n) is 1.63. The molecule has 0 fully saturated rings. The number of hydrogen-bond donors (Lipinski definition) is 1. The van der Waals surface area contributed by atoms with Crippen LogP contribution in [0, 0.1) is 15.9 Å². The van der Waals surface area contributed by atoms with Gasteiger partial charge in [0.25, 0.3) is 0 Å². The van der Waals surface area contributed by atoms with E-state index in [4.69, 9.17) is 0 Å². The summed E-state index contributed by atoms with van der Waals surface area (Å²) < 4.78 is 13.9. The van der Waals surface area contributed by atoms with Crippen molar-refractivity contribution in [3.8, 4) is 0 Å². The van der Waals surface area contributed by atoms with E-state index in [1.165, 1.54) is 19.2 Å². The summed E-state index contributed by atoms with van der Waals surface area (Å²) in [6.45, 7) is 2.64. The first-order valence-electron chi connectivity index (χ1n) is 5.84. The largest absolute Gasteiger partial charge is 0.358 e. The van der Waals surface area contributed by atoms with E-state index in [2.05, 4.69) is 5.32 Å². The quantitative estimate of drug-likeness (QED) is 0.624. The van der Waals surface area contributed by atoms with E-state index in [0.717, 1.165) is 6.07 Å². The summed E-state index contributed by atoms with van der Waals surface area (Å²) in [7, 11) is 1.52. The van der Waals surface area contributed by atoms with E-state index in [1.54, 1.807) is 4.90 Å². The number of nitro groups is 1. The molecule has 1 rings (SSSR count). The predicted molar refractivity (Wildman–Crippen MR) is 68.1 cm³/mol. The summed E-state index contributed by atoms with van der Waals surface area (Å²) in [5.41, 5.74) is -0.339. The molecule has 1 aromatic rings. The smallest absolute Gasteiger partial charge is 0.305 e. The summed E-state index contributed by atoms with van der Waals surface area (Å²) in [6.07, 6.45) is 0. The average molecular weight is 269 g/mol. The molecule has 0 heterocycles. The second-order valence-electron chi connectivity index (χ2n) is 3.98. The van der Waals surface area contributed by atoms with Gasteiger partial charge in [-0.2, -0.15) is 4.39 Å². The van der Waals surface area contributed by atoms with Crippen molar-refractivity contribution in [2.75, 3.05) is 20.1 Å². The Balaban J connectivity index is 2.88. The number of nitrogens with zero attached hydrogens (tertiary/aromatic N) is 2. The molecule has 1 N–H and O–H groups in total. The van der Waals surface area contributed by atoms with Crippen LogP contribution in [0.25, 0.3) is 0 Å². The van der Waals surface area contributed by atoms with E-state index < -0.39 is 16.4 Å². The Labute approximate surface area is 110 Å². The van der Waals surface area contributed by atoms with E-state index in [0.29, 0.717) is 6.54 Å². The molecule has 7 heteroatoms. The first-order chi connectivity index (χ1) is 8.99. The number of hydrogen-bond acceptors (Lipinski definition) is 4. The lowest BCUT2D eigenvalue weighted by Crippen LogP contribution is -2.35. The van der Waals surface area contributed by atoms with Gasteiger partial charge in [0.15, 0.2) is 0 Å². The fraction of sp³-hybridized carbons (Fsp3) is 0.417. The number of benzene rings is 1. The second-order valence-corrected chi connectivity index (χ2v) is 3.98. The van der Waals surface area contributed by atoms with Gasteiger partial charge < -0.3 is 5.32 Å². The molecule has 104 valence electrons. The van der Waals surface area contributed by atoms with Gasteiger partial charge in [-0.25, -0.2) is 0 Å². The first-order valence-corrected chi connectivity index (χ1v) is 5.84. The molecule has 0 bridgehead atoms. The molecule has 0 atom stereocenters. The van der Waals surface area contributed by atoms with Gasteiger partial charge in [-0.05, 0) is 6.54 Å². The van der Waals surface area contributed by atoms with Crippen molar-refractivity contribution in [3.05, 3.63) is 39.7 Å². The highest BCUT2D eigenvalue weighted by Crippen LogP contribution is 2.21. The van der Waals surface area contributed by atoms with Crippen molar-refractivity contribution in [1.29, 1.82) is 0 Å². The minimum atomic E-state index is -0.845. The predicted octanol–water partition coefficient (Wildman–Crippen LogP) is 1.30. The molecule has 19 heavy (non-hydrogen) atoms. The van der Waals surface area contributed by atoms with Crippen molar-refractivity contribution in [2.45, 2.75) is 13.5 Å². The number of carbonyl (C=O) groups is 1. The minimum Gasteiger partial charge on any atom is -0.358 e. The molecule has 0 aromatic heterocycles. The Morgan fingerprint density at radius 1 is 1.53 bits per heavy atom. The Hall–Kier alpha value is -2.02. The third-order valence-electron chi connectivity index (χ3n) is 2.74. The van der Waals surface area contributed by atoms with Crippen molar-refractivity contribution in [1.82, 2.24) is 10.2 Å². The zero-order valence-corrected chi connectivity index (χ0v) is 10.9. The summed E-state index contributed by atoms with van der Waals surface area (Å²) in [5.74, 6) is -1.03. The van der Waals surface area contributed by atoms with Gasteiger partial charge in [0.2, 0.25) is 11.7 Å². The molecular formula is C12H16FN3O3. The molecule has 6 nitrogen and oxygen atoms in total. The molecule has 0 saturated carbocycles. The van der Waals surface area contributed by atoms with Crippen LogP contribution in [0.15, 0.2) is 18.2 Å². The summed E-state index contributed by atoms with van der Waals surface area (Å²) in [6, 6.07) is 4.03. The van der Waals surface area contributed by atoms with E-state index in [-0.39, 0.29) is 24.6 Å². The highest BCUT2D eigenvalue weighted by Gasteiger charge is 2.19. The Morgan fingerprint density at radius 2 is 2.21 bits per heavy atom. The van der Waals surface area contributed by atoms with E-state index >= 15 is 0 Å². The monoisotopic (exact) mass is 269 g/mol. The number of amides is 1. The number of likely N-dealkylation sites (N-methyl/N-ethyl adjacent to an activating group) is 2. The number of rotatable bonds is 6. The maximum atomic E-state index is 13.9. The van der Waals surface area contributed by atoms with Gasteiger partial charge in [-0.15, -0.1) is 0 Å². The van der Waals surface area contributed by atoms with Crippen molar-refractivity contribution >= 4 is 11.6 Å². The Morgan fingerprint density at radius 3 is 2.74 bits per heavy atom. The summed E-state index contributed by atoms with van der Waals surface area (Å²) >= 11 is 0. The average Bonchev–Trinajstić information content (AvgIpc) is 2.39. The number of carbonyl (C=O) groups excluding carboxylic acids is 1. The molecule has 1 amide bonds. The molecule has 0 unspecified atom stereocenters. The van der Waals surface area contributed by atoms with Gasteiger partial charge in [0, 0.05) is 25.2 Å². The Kier molecular flexibility index (Phi) is 5.37. The van der Waals surface area contributed by atoms with E-state index in [1.807, 2.05) is 6.92 Å². The molecule has 0 aliphatic carbocycles. The van der Waals surface area contributed by atoms with Crippen LogP contribution in [0.1, 0.15) is 12.5 Å². The number of nitro benzene ring substituents is 1. The standard InChI is InChI=1S/C12H16FN3O3/c1-3-15(8-11(17)14-2)7-9-5-4-6-10(12(9)13)16(18)19/h4-6H,3,7-8H2,1-2H3,(H,14,17). The summed E-state index contributed by atoms with van der Waals surface area (Å²) in [4.78, 5) is 22.9. The van der Waals surface area contributed by atoms with Crippen LogP contribution in [0.2, 0.25) is 0 Å². The van der Waals surface area contributed by atoms with Gasteiger partial charge in [0.05, 0.1) is 11.5 Å². The molecule has 0 aliphatic heterocycles. The third-order valence-corrected chi connectivity index (χ3v) is 2.74. The lowest BCUT2D eigenvalue weighted by Gasteiger charge is -2.19. The van der Waals surface area contributed by atoms with Gasteiger partial charge in [0.1, 0.15) is 0 Å². The van der Waals surface area contributed by atoms with E-state index in [9.17, 15) is 19.3 Å². The Bertz CT molecular complexity index is 479.